The van der Waals surface area contributed by atoms with Crippen molar-refractivity contribution in [1.29, 1.82) is 0 Å². The molecule has 1 rings (SSSR count). The fourth-order valence-electron chi connectivity index (χ4n) is 1.33. The van der Waals surface area contributed by atoms with Crippen molar-refractivity contribution in [3.63, 3.8) is 0 Å². The first-order valence-corrected chi connectivity index (χ1v) is 4.29. The third kappa shape index (κ3) is 2.80. The predicted octanol–water partition coefficient (Wildman–Crippen LogP) is 2.27. The largest absolute Gasteiger partial charge is 0.359 e. The smallest absolute Gasteiger partial charge is 0.146 e. The van der Waals surface area contributed by atoms with Crippen molar-refractivity contribution < 1.29 is 9.47 Å². The Bertz CT molecular complexity index is 173. The molecule has 1 aliphatic rings. The number of allylic oxidation sites excluding steroid dienone is 2. The summed E-state index contributed by atoms with van der Waals surface area (Å²) in [5.74, 6) is 0. The molecule has 0 radical (unpaired) electrons. The molecule has 68 valence electrons. The summed E-state index contributed by atoms with van der Waals surface area (Å²) in [6.45, 7) is 4.14. The van der Waals surface area contributed by atoms with E-state index in [0.717, 1.165) is 19.3 Å². The molecule has 0 aromatic carbocycles. The van der Waals surface area contributed by atoms with E-state index in [1.54, 1.807) is 7.11 Å². The molecule has 0 amide bonds. The fraction of sp³-hybridized carbons (Fsp3) is 0.600. The first kappa shape index (κ1) is 9.49. The Hall–Kier alpha value is -0.600. The molecular formula is C10H16O2. The van der Waals surface area contributed by atoms with Gasteiger partial charge in [0.1, 0.15) is 6.79 Å². The van der Waals surface area contributed by atoms with Crippen LogP contribution >= 0.6 is 0 Å². The van der Waals surface area contributed by atoms with Gasteiger partial charge in [-0.3, -0.25) is 0 Å². The molecule has 0 N–H and O–H groups in total. The van der Waals surface area contributed by atoms with E-state index in [2.05, 4.69) is 12.7 Å². The summed E-state index contributed by atoms with van der Waals surface area (Å²) < 4.78 is 10.3. The third-order valence-electron chi connectivity index (χ3n) is 2.08. The maximum absolute atomic E-state index is 5.42. The Morgan fingerprint density at radius 3 is 3.08 bits per heavy atom. The maximum atomic E-state index is 5.42. The lowest BCUT2D eigenvalue weighted by atomic mass is 9.97. The van der Waals surface area contributed by atoms with Gasteiger partial charge in [-0.1, -0.05) is 24.3 Å². The zero-order valence-electron chi connectivity index (χ0n) is 7.58. The topological polar surface area (TPSA) is 18.5 Å². The summed E-state index contributed by atoms with van der Waals surface area (Å²) in [5, 5.41) is 0. The molecule has 1 atom stereocenters. The van der Waals surface area contributed by atoms with Crippen LogP contribution in [0.25, 0.3) is 0 Å². The van der Waals surface area contributed by atoms with Crippen LogP contribution in [0.5, 0.6) is 0 Å². The van der Waals surface area contributed by atoms with E-state index in [-0.39, 0.29) is 0 Å². The van der Waals surface area contributed by atoms with Gasteiger partial charge in [0.15, 0.2) is 0 Å². The number of hydrogen-bond acceptors (Lipinski definition) is 2. The van der Waals surface area contributed by atoms with E-state index in [1.807, 2.05) is 6.08 Å². The van der Waals surface area contributed by atoms with Crippen molar-refractivity contribution >= 4 is 0 Å². The standard InChI is InChI=1S/C10H16O2/c1-3-9-4-6-10(7-5-9)12-8-11-2/h3-4,10H,1,5-8H2,2H3/t10-/m0/s1. The summed E-state index contributed by atoms with van der Waals surface area (Å²) in [6.07, 6.45) is 7.61. The molecule has 1 aliphatic carbocycles. The Balaban J connectivity index is 2.26. The molecule has 0 unspecified atom stereocenters. The van der Waals surface area contributed by atoms with Crippen LogP contribution in [0.3, 0.4) is 0 Å². The van der Waals surface area contributed by atoms with E-state index < -0.39 is 0 Å². The lowest BCUT2D eigenvalue weighted by Gasteiger charge is -2.20. The average molecular weight is 168 g/mol. The Morgan fingerprint density at radius 2 is 2.58 bits per heavy atom. The van der Waals surface area contributed by atoms with E-state index in [9.17, 15) is 0 Å². The van der Waals surface area contributed by atoms with Crippen molar-refractivity contribution in [2.75, 3.05) is 13.9 Å². The van der Waals surface area contributed by atoms with Crippen LogP contribution in [-0.4, -0.2) is 20.0 Å². The minimum Gasteiger partial charge on any atom is -0.359 e. The highest BCUT2D eigenvalue weighted by atomic mass is 16.7. The quantitative estimate of drug-likeness (QED) is 0.599. The number of rotatable bonds is 4. The van der Waals surface area contributed by atoms with Gasteiger partial charge in [-0.2, -0.15) is 0 Å². The minimum absolute atomic E-state index is 0.341. The normalized spacial score (nSPS) is 23.4. The molecule has 0 heterocycles. The van der Waals surface area contributed by atoms with Crippen molar-refractivity contribution in [3.05, 3.63) is 24.3 Å². The average Bonchev–Trinajstić information content (AvgIpc) is 2.15. The highest BCUT2D eigenvalue weighted by Crippen LogP contribution is 2.20. The van der Waals surface area contributed by atoms with Gasteiger partial charge in [0.05, 0.1) is 6.10 Å². The monoisotopic (exact) mass is 168 g/mol. The van der Waals surface area contributed by atoms with Crippen LogP contribution in [-0.2, 0) is 9.47 Å². The van der Waals surface area contributed by atoms with Gasteiger partial charge >= 0.3 is 0 Å². The van der Waals surface area contributed by atoms with Gasteiger partial charge in [-0.05, 0) is 19.3 Å². The lowest BCUT2D eigenvalue weighted by Crippen LogP contribution is -2.16. The van der Waals surface area contributed by atoms with Gasteiger partial charge < -0.3 is 9.47 Å². The van der Waals surface area contributed by atoms with Crippen LogP contribution in [0.1, 0.15) is 19.3 Å². The highest BCUT2D eigenvalue weighted by molar-refractivity contribution is 5.18. The summed E-state index contributed by atoms with van der Waals surface area (Å²) in [7, 11) is 1.65. The molecule has 0 bridgehead atoms. The molecular weight excluding hydrogens is 152 g/mol. The summed E-state index contributed by atoms with van der Waals surface area (Å²) in [6, 6.07) is 0. The second-order valence-electron chi connectivity index (χ2n) is 2.95. The SMILES string of the molecule is C=CC1=CC[C@H](OCOC)CC1. The summed E-state index contributed by atoms with van der Waals surface area (Å²) in [4.78, 5) is 0. The van der Waals surface area contributed by atoms with Crippen molar-refractivity contribution in [1.82, 2.24) is 0 Å². The van der Waals surface area contributed by atoms with Crippen molar-refractivity contribution in [2.24, 2.45) is 0 Å². The van der Waals surface area contributed by atoms with E-state index in [1.165, 1.54) is 5.57 Å². The molecule has 2 nitrogen and oxygen atoms in total. The molecule has 0 spiro atoms. The molecule has 0 fully saturated rings. The summed E-state index contributed by atoms with van der Waals surface area (Å²) >= 11 is 0. The predicted molar refractivity (Wildman–Crippen MR) is 48.9 cm³/mol. The van der Waals surface area contributed by atoms with Gasteiger partial charge in [-0.25, -0.2) is 0 Å². The lowest BCUT2D eigenvalue weighted by molar-refractivity contribution is -0.0738. The zero-order chi connectivity index (χ0) is 8.81. The third-order valence-corrected chi connectivity index (χ3v) is 2.08. The highest BCUT2D eigenvalue weighted by Gasteiger charge is 2.12. The van der Waals surface area contributed by atoms with Crippen molar-refractivity contribution in [2.45, 2.75) is 25.4 Å². The first-order valence-electron chi connectivity index (χ1n) is 4.29. The van der Waals surface area contributed by atoms with Crippen LogP contribution in [0.2, 0.25) is 0 Å². The Morgan fingerprint density at radius 1 is 1.75 bits per heavy atom. The van der Waals surface area contributed by atoms with Gasteiger partial charge in [0, 0.05) is 7.11 Å². The van der Waals surface area contributed by atoms with E-state index >= 15 is 0 Å². The van der Waals surface area contributed by atoms with E-state index in [0.29, 0.717) is 12.9 Å². The Kier molecular flexibility index (Phi) is 4.05. The molecule has 0 saturated heterocycles. The van der Waals surface area contributed by atoms with Crippen LogP contribution in [0, 0.1) is 0 Å². The molecule has 0 aliphatic heterocycles. The van der Waals surface area contributed by atoms with Crippen LogP contribution in [0.15, 0.2) is 24.3 Å². The molecule has 12 heavy (non-hydrogen) atoms. The fourth-order valence-corrected chi connectivity index (χ4v) is 1.33. The van der Waals surface area contributed by atoms with Gasteiger partial charge in [0.25, 0.3) is 0 Å². The second kappa shape index (κ2) is 5.12. The van der Waals surface area contributed by atoms with Gasteiger partial charge in [-0.15, -0.1) is 0 Å². The Labute approximate surface area is 73.9 Å². The molecule has 0 aromatic rings. The molecule has 2 heteroatoms. The van der Waals surface area contributed by atoms with Crippen molar-refractivity contribution in [3.8, 4) is 0 Å². The second-order valence-corrected chi connectivity index (χ2v) is 2.95. The minimum atomic E-state index is 0.341. The summed E-state index contributed by atoms with van der Waals surface area (Å²) in [5.41, 5.74) is 1.34. The number of ether oxygens (including phenoxy) is 2. The van der Waals surface area contributed by atoms with Gasteiger partial charge in [0.2, 0.25) is 0 Å². The first-order chi connectivity index (χ1) is 5.86. The number of hydrogen-bond donors (Lipinski definition) is 0. The van der Waals surface area contributed by atoms with E-state index in [4.69, 9.17) is 9.47 Å². The van der Waals surface area contributed by atoms with Crippen LogP contribution in [0.4, 0.5) is 0 Å². The maximum Gasteiger partial charge on any atom is 0.146 e. The number of methoxy groups -OCH3 is 1. The zero-order valence-corrected chi connectivity index (χ0v) is 7.58. The van der Waals surface area contributed by atoms with Crippen LogP contribution < -0.4 is 0 Å². The molecule has 0 saturated carbocycles. The molecule has 0 aromatic heterocycles.